The molecule has 7 heteroatoms. The van der Waals surface area contributed by atoms with E-state index in [9.17, 15) is 18.9 Å². The maximum absolute atomic E-state index is 12.0. The minimum Gasteiger partial charge on any atom is -0.393 e. The van der Waals surface area contributed by atoms with E-state index in [-0.39, 0.29) is 5.69 Å². The summed E-state index contributed by atoms with van der Waals surface area (Å²) in [6, 6.07) is 0.794. The fourth-order valence-electron chi connectivity index (χ4n) is 0.753. The van der Waals surface area contributed by atoms with Crippen molar-refractivity contribution in [2.45, 2.75) is 6.43 Å². The van der Waals surface area contributed by atoms with Gasteiger partial charge >= 0.3 is 5.69 Å². The molecule has 0 saturated carbocycles. The van der Waals surface area contributed by atoms with E-state index in [1.54, 1.807) is 0 Å². The molecule has 5 nitrogen and oxygen atoms in total. The first-order valence-electron chi connectivity index (χ1n) is 3.20. The maximum Gasteiger partial charge on any atom is 0.310 e. The summed E-state index contributed by atoms with van der Waals surface area (Å²) < 4.78 is 24.0. The SMILES string of the molecule is Nc1cc(C(F)F)ncc1[N+](=O)[O-]. The fourth-order valence-corrected chi connectivity index (χ4v) is 0.753. The summed E-state index contributed by atoms with van der Waals surface area (Å²) >= 11 is 0. The molecule has 0 aliphatic heterocycles. The lowest BCUT2D eigenvalue weighted by Gasteiger charge is -1.99. The van der Waals surface area contributed by atoms with E-state index in [0.717, 1.165) is 12.3 Å². The zero-order chi connectivity index (χ0) is 10.0. The first-order valence-corrected chi connectivity index (χ1v) is 3.20. The molecule has 1 aromatic heterocycles. The van der Waals surface area contributed by atoms with Crippen LogP contribution in [-0.2, 0) is 0 Å². The average Bonchev–Trinajstić information content (AvgIpc) is 2.03. The van der Waals surface area contributed by atoms with Gasteiger partial charge in [0.1, 0.15) is 17.6 Å². The van der Waals surface area contributed by atoms with Crippen molar-refractivity contribution in [1.82, 2.24) is 4.98 Å². The van der Waals surface area contributed by atoms with E-state index in [1.165, 1.54) is 0 Å². The van der Waals surface area contributed by atoms with Crippen LogP contribution in [0.15, 0.2) is 12.3 Å². The van der Waals surface area contributed by atoms with Crippen LogP contribution in [-0.4, -0.2) is 9.91 Å². The Morgan fingerprint density at radius 1 is 1.62 bits per heavy atom. The lowest BCUT2D eigenvalue weighted by Crippen LogP contribution is -1.99. The minimum absolute atomic E-state index is 0.310. The van der Waals surface area contributed by atoms with E-state index >= 15 is 0 Å². The summed E-state index contributed by atoms with van der Waals surface area (Å²) in [7, 11) is 0. The second kappa shape index (κ2) is 3.30. The molecule has 2 N–H and O–H groups in total. The number of nitrogens with two attached hydrogens (primary N) is 1. The summed E-state index contributed by atoms with van der Waals surface area (Å²) in [4.78, 5) is 12.6. The van der Waals surface area contributed by atoms with Gasteiger partial charge in [-0.15, -0.1) is 0 Å². The molecule has 0 aliphatic carbocycles. The van der Waals surface area contributed by atoms with Crippen LogP contribution < -0.4 is 5.73 Å². The van der Waals surface area contributed by atoms with E-state index in [2.05, 4.69) is 4.98 Å². The summed E-state index contributed by atoms with van der Waals surface area (Å²) in [5.41, 5.74) is 3.80. The van der Waals surface area contributed by atoms with Gasteiger partial charge in [0.15, 0.2) is 0 Å². The van der Waals surface area contributed by atoms with Crippen LogP contribution in [0.2, 0.25) is 0 Å². The van der Waals surface area contributed by atoms with E-state index in [1.807, 2.05) is 0 Å². The van der Waals surface area contributed by atoms with Crippen molar-refractivity contribution in [3.8, 4) is 0 Å². The molecule has 0 fully saturated rings. The van der Waals surface area contributed by atoms with Gasteiger partial charge < -0.3 is 5.73 Å². The van der Waals surface area contributed by atoms with Gasteiger partial charge in [-0.1, -0.05) is 0 Å². The van der Waals surface area contributed by atoms with E-state index < -0.39 is 22.7 Å². The van der Waals surface area contributed by atoms with E-state index in [0.29, 0.717) is 0 Å². The number of nitrogen functional groups attached to an aromatic ring is 1. The Labute approximate surface area is 71.3 Å². The molecule has 0 spiro atoms. The van der Waals surface area contributed by atoms with Crippen LogP contribution in [0.5, 0.6) is 0 Å². The molecule has 0 aromatic carbocycles. The highest BCUT2D eigenvalue weighted by molar-refractivity contribution is 5.56. The van der Waals surface area contributed by atoms with Crippen molar-refractivity contribution in [3.63, 3.8) is 0 Å². The third-order valence-corrected chi connectivity index (χ3v) is 1.36. The lowest BCUT2D eigenvalue weighted by molar-refractivity contribution is -0.384. The van der Waals surface area contributed by atoms with Crippen LogP contribution in [0.1, 0.15) is 12.1 Å². The second-order valence-corrected chi connectivity index (χ2v) is 2.23. The minimum atomic E-state index is -2.77. The molecular weight excluding hydrogens is 184 g/mol. The van der Waals surface area contributed by atoms with Crippen molar-refractivity contribution >= 4 is 11.4 Å². The Hall–Kier alpha value is -1.79. The number of halogens is 2. The van der Waals surface area contributed by atoms with Gasteiger partial charge in [0.25, 0.3) is 6.43 Å². The Kier molecular flexibility index (Phi) is 2.36. The highest BCUT2D eigenvalue weighted by Gasteiger charge is 2.16. The molecule has 0 atom stereocenters. The molecule has 0 amide bonds. The topological polar surface area (TPSA) is 82.0 Å². The van der Waals surface area contributed by atoms with Gasteiger partial charge in [-0.3, -0.25) is 10.1 Å². The normalized spacial score (nSPS) is 10.4. The molecule has 0 aliphatic rings. The zero-order valence-electron chi connectivity index (χ0n) is 6.28. The smallest absolute Gasteiger partial charge is 0.310 e. The van der Waals surface area contributed by atoms with Crippen molar-refractivity contribution in [2.75, 3.05) is 5.73 Å². The van der Waals surface area contributed by atoms with Crippen molar-refractivity contribution in [2.24, 2.45) is 0 Å². The van der Waals surface area contributed by atoms with Crippen LogP contribution in [0.25, 0.3) is 0 Å². The first-order chi connectivity index (χ1) is 6.02. The molecule has 1 aromatic rings. The van der Waals surface area contributed by atoms with Crippen LogP contribution in [0, 0.1) is 10.1 Å². The number of alkyl halides is 2. The summed E-state index contributed by atoms with van der Waals surface area (Å²) in [5, 5.41) is 10.2. The molecule has 1 heterocycles. The lowest BCUT2D eigenvalue weighted by atomic mass is 10.3. The van der Waals surface area contributed by atoms with E-state index in [4.69, 9.17) is 5.73 Å². The zero-order valence-corrected chi connectivity index (χ0v) is 6.28. The van der Waals surface area contributed by atoms with Gasteiger partial charge in [0, 0.05) is 0 Å². The molecule has 70 valence electrons. The molecule has 0 radical (unpaired) electrons. The quantitative estimate of drug-likeness (QED) is 0.564. The molecule has 0 unspecified atom stereocenters. The predicted octanol–water partition coefficient (Wildman–Crippen LogP) is 1.51. The molecule has 13 heavy (non-hydrogen) atoms. The first kappa shape index (κ1) is 9.30. The van der Waals surface area contributed by atoms with Gasteiger partial charge in [-0.2, -0.15) is 0 Å². The fraction of sp³-hybridized carbons (Fsp3) is 0.167. The largest absolute Gasteiger partial charge is 0.393 e. The van der Waals surface area contributed by atoms with Gasteiger partial charge in [-0.25, -0.2) is 13.8 Å². The number of nitro groups is 1. The summed E-state index contributed by atoms with van der Waals surface area (Å²) in [6.45, 7) is 0. The molecule has 0 bridgehead atoms. The average molecular weight is 189 g/mol. The Bertz CT molecular complexity index is 343. The van der Waals surface area contributed by atoms with Gasteiger partial charge in [-0.05, 0) is 6.07 Å². The van der Waals surface area contributed by atoms with Gasteiger partial charge in [0.05, 0.1) is 4.92 Å². The molecule has 1 rings (SSSR count). The molecule has 0 saturated heterocycles. The predicted molar refractivity (Wildman–Crippen MR) is 40.3 cm³/mol. The Morgan fingerprint density at radius 3 is 2.62 bits per heavy atom. The third kappa shape index (κ3) is 1.86. The Balaban J connectivity index is 3.13. The highest BCUT2D eigenvalue weighted by atomic mass is 19.3. The standard InChI is InChI=1S/C6H5F2N3O2/c7-6(8)4-1-3(9)5(2-10-4)11(12)13/h1-2,6H,(H2,9,10). The van der Waals surface area contributed by atoms with Crippen LogP contribution >= 0.6 is 0 Å². The van der Waals surface area contributed by atoms with Gasteiger partial charge in [0.2, 0.25) is 0 Å². The number of rotatable bonds is 2. The number of hydrogen-bond acceptors (Lipinski definition) is 4. The number of aromatic nitrogens is 1. The van der Waals surface area contributed by atoms with Crippen molar-refractivity contribution in [3.05, 3.63) is 28.1 Å². The van der Waals surface area contributed by atoms with Crippen LogP contribution in [0.4, 0.5) is 20.2 Å². The number of pyridine rings is 1. The summed E-state index contributed by atoms with van der Waals surface area (Å²) in [6.07, 6.45) is -2.06. The summed E-state index contributed by atoms with van der Waals surface area (Å²) in [5.74, 6) is 0. The number of hydrogen-bond donors (Lipinski definition) is 1. The Morgan fingerprint density at radius 2 is 2.23 bits per heavy atom. The second-order valence-electron chi connectivity index (χ2n) is 2.23. The van der Waals surface area contributed by atoms with Crippen molar-refractivity contribution in [1.29, 1.82) is 0 Å². The van der Waals surface area contributed by atoms with Crippen molar-refractivity contribution < 1.29 is 13.7 Å². The monoisotopic (exact) mass is 189 g/mol. The number of anilines is 1. The highest BCUT2D eigenvalue weighted by Crippen LogP contribution is 2.24. The maximum atomic E-state index is 12.0. The third-order valence-electron chi connectivity index (χ3n) is 1.36. The van der Waals surface area contributed by atoms with Crippen LogP contribution in [0.3, 0.4) is 0 Å². The number of nitrogens with zero attached hydrogens (tertiary/aromatic N) is 2. The molecular formula is C6H5F2N3O2.